The molecule has 1 aromatic rings. The number of amides is 1. The SMILES string of the molecule is CCNC(=NCC(C)(O)c1ccc(C)o1)NCCC(C)N(C)C(=O)OC(C)(C)C.I. The number of ether oxygens (including phenoxy) is 1. The van der Waals surface area contributed by atoms with Gasteiger partial charge in [0, 0.05) is 26.2 Å². The van der Waals surface area contributed by atoms with E-state index in [2.05, 4.69) is 15.6 Å². The minimum atomic E-state index is -1.19. The third-order valence-corrected chi connectivity index (χ3v) is 4.36. The van der Waals surface area contributed by atoms with Gasteiger partial charge in [0.05, 0.1) is 6.54 Å². The molecule has 0 aliphatic carbocycles. The first-order chi connectivity index (χ1) is 13.4. The minimum Gasteiger partial charge on any atom is -0.463 e. The Morgan fingerprint density at radius 2 is 1.93 bits per heavy atom. The molecule has 8 nitrogen and oxygen atoms in total. The number of aliphatic imine (C=N–C) groups is 1. The van der Waals surface area contributed by atoms with Crippen LogP contribution in [0.25, 0.3) is 0 Å². The Bertz CT molecular complexity index is 683. The van der Waals surface area contributed by atoms with Crippen molar-refractivity contribution in [2.24, 2.45) is 4.99 Å². The Kier molecular flexibility index (Phi) is 11.8. The number of hydrogen-bond acceptors (Lipinski definition) is 5. The summed E-state index contributed by atoms with van der Waals surface area (Å²) in [7, 11) is 1.74. The first-order valence-corrected chi connectivity index (χ1v) is 10.1. The highest BCUT2D eigenvalue weighted by Crippen LogP contribution is 2.23. The molecule has 1 aromatic heterocycles. The lowest BCUT2D eigenvalue weighted by atomic mass is 10.0. The van der Waals surface area contributed by atoms with Crippen LogP contribution in [0.2, 0.25) is 0 Å². The lowest BCUT2D eigenvalue weighted by Crippen LogP contribution is -2.43. The molecule has 1 heterocycles. The number of guanidine groups is 1. The summed E-state index contributed by atoms with van der Waals surface area (Å²) < 4.78 is 10.9. The van der Waals surface area contributed by atoms with Gasteiger partial charge < -0.3 is 29.8 Å². The molecule has 3 N–H and O–H groups in total. The van der Waals surface area contributed by atoms with Gasteiger partial charge in [-0.1, -0.05) is 0 Å². The second-order valence-corrected chi connectivity index (χ2v) is 8.54. The van der Waals surface area contributed by atoms with Gasteiger partial charge in [0.15, 0.2) is 5.96 Å². The Morgan fingerprint density at radius 3 is 2.43 bits per heavy atom. The van der Waals surface area contributed by atoms with E-state index in [9.17, 15) is 9.90 Å². The Hall–Kier alpha value is -1.49. The van der Waals surface area contributed by atoms with Gasteiger partial charge >= 0.3 is 6.09 Å². The number of hydrogen-bond donors (Lipinski definition) is 3. The van der Waals surface area contributed by atoms with E-state index >= 15 is 0 Å². The van der Waals surface area contributed by atoms with Crippen molar-refractivity contribution >= 4 is 36.0 Å². The van der Waals surface area contributed by atoms with E-state index < -0.39 is 11.2 Å². The van der Waals surface area contributed by atoms with E-state index in [0.717, 1.165) is 5.76 Å². The van der Waals surface area contributed by atoms with Crippen molar-refractivity contribution in [1.82, 2.24) is 15.5 Å². The smallest absolute Gasteiger partial charge is 0.410 e. The van der Waals surface area contributed by atoms with Crippen molar-refractivity contribution in [3.05, 3.63) is 23.7 Å². The number of aryl methyl sites for hydroxylation is 1. The van der Waals surface area contributed by atoms with Gasteiger partial charge in [-0.3, -0.25) is 0 Å². The number of halogens is 1. The Balaban J connectivity index is 0.00000841. The van der Waals surface area contributed by atoms with Crippen LogP contribution in [0.15, 0.2) is 21.5 Å². The predicted octanol–water partition coefficient (Wildman–Crippen LogP) is 3.61. The van der Waals surface area contributed by atoms with E-state index in [-0.39, 0.29) is 42.7 Å². The number of aliphatic hydroxyl groups is 1. The average Bonchev–Trinajstić information content (AvgIpc) is 3.04. The molecule has 2 atom stereocenters. The van der Waals surface area contributed by atoms with Crippen LogP contribution in [0.5, 0.6) is 0 Å². The number of nitrogens with zero attached hydrogens (tertiary/aromatic N) is 2. The molecule has 0 aliphatic heterocycles. The highest BCUT2D eigenvalue weighted by Gasteiger charge is 2.27. The summed E-state index contributed by atoms with van der Waals surface area (Å²) in [6, 6.07) is 3.58. The molecule has 0 saturated carbocycles. The number of furan rings is 1. The van der Waals surface area contributed by atoms with Crippen molar-refractivity contribution < 1.29 is 19.1 Å². The first kappa shape index (κ1) is 28.5. The van der Waals surface area contributed by atoms with Crippen molar-refractivity contribution in [2.45, 2.75) is 72.1 Å². The molecule has 0 bridgehead atoms. The Labute approximate surface area is 197 Å². The first-order valence-electron chi connectivity index (χ1n) is 10.1. The molecule has 0 aromatic carbocycles. The van der Waals surface area contributed by atoms with E-state index in [0.29, 0.717) is 31.2 Å². The average molecular weight is 538 g/mol. The largest absolute Gasteiger partial charge is 0.463 e. The van der Waals surface area contributed by atoms with E-state index in [1.807, 2.05) is 47.6 Å². The van der Waals surface area contributed by atoms with E-state index in [4.69, 9.17) is 9.15 Å². The summed E-state index contributed by atoms with van der Waals surface area (Å²) in [6.07, 6.45) is 0.379. The molecule has 1 rings (SSSR count). The number of rotatable bonds is 8. The zero-order chi connectivity index (χ0) is 22.2. The molecule has 174 valence electrons. The molecule has 0 spiro atoms. The Morgan fingerprint density at radius 1 is 1.30 bits per heavy atom. The van der Waals surface area contributed by atoms with Crippen LogP contribution < -0.4 is 10.6 Å². The fourth-order valence-corrected chi connectivity index (χ4v) is 2.48. The minimum absolute atomic E-state index is 0. The van der Waals surface area contributed by atoms with Crippen LogP contribution in [0.4, 0.5) is 4.79 Å². The van der Waals surface area contributed by atoms with Crippen LogP contribution in [0.1, 0.15) is 59.5 Å². The van der Waals surface area contributed by atoms with Crippen molar-refractivity contribution in [3.8, 4) is 0 Å². The van der Waals surface area contributed by atoms with Crippen LogP contribution in [0.3, 0.4) is 0 Å². The maximum absolute atomic E-state index is 12.2. The van der Waals surface area contributed by atoms with Gasteiger partial charge in [0.25, 0.3) is 0 Å². The van der Waals surface area contributed by atoms with Crippen molar-refractivity contribution in [2.75, 3.05) is 26.7 Å². The molecule has 1 amide bonds. The molecule has 0 fully saturated rings. The summed E-state index contributed by atoms with van der Waals surface area (Å²) in [5, 5.41) is 17.0. The van der Waals surface area contributed by atoms with Gasteiger partial charge in [0.2, 0.25) is 0 Å². The summed E-state index contributed by atoms with van der Waals surface area (Å²) in [5.74, 6) is 1.84. The lowest BCUT2D eigenvalue weighted by Gasteiger charge is -2.29. The maximum atomic E-state index is 12.2. The van der Waals surface area contributed by atoms with Crippen LogP contribution in [0, 0.1) is 6.92 Å². The molecule has 0 aliphatic rings. The third kappa shape index (κ3) is 10.0. The normalized spacial score (nSPS) is 14.9. The number of nitrogens with one attached hydrogen (secondary N) is 2. The standard InChI is InChI=1S/C21H38N4O4.HI/c1-9-22-18(24-14-21(7,27)17-11-10-16(3)28-17)23-13-12-15(2)25(8)19(26)29-20(4,5)6;/h10-11,15,27H,9,12-14H2,1-8H3,(H2,22,23,24);1H. The zero-order valence-electron chi connectivity index (χ0n) is 19.5. The molecule has 0 radical (unpaired) electrons. The third-order valence-electron chi connectivity index (χ3n) is 4.36. The van der Waals surface area contributed by atoms with Gasteiger partial charge in [-0.05, 0) is 67.0 Å². The van der Waals surface area contributed by atoms with Crippen molar-refractivity contribution in [3.63, 3.8) is 0 Å². The summed E-state index contributed by atoms with van der Waals surface area (Å²) in [4.78, 5) is 18.2. The second kappa shape index (κ2) is 12.4. The van der Waals surface area contributed by atoms with E-state index in [1.54, 1.807) is 24.9 Å². The number of carbonyl (C=O) groups is 1. The molecule has 0 saturated heterocycles. The zero-order valence-corrected chi connectivity index (χ0v) is 21.9. The molecule has 9 heteroatoms. The van der Waals surface area contributed by atoms with Gasteiger partial charge in [-0.2, -0.15) is 0 Å². The maximum Gasteiger partial charge on any atom is 0.410 e. The topological polar surface area (TPSA) is 99.3 Å². The van der Waals surface area contributed by atoms with Crippen LogP contribution in [-0.2, 0) is 10.3 Å². The second-order valence-electron chi connectivity index (χ2n) is 8.54. The van der Waals surface area contributed by atoms with Crippen LogP contribution in [-0.4, -0.2) is 60.4 Å². The van der Waals surface area contributed by atoms with Gasteiger partial charge in [0.1, 0.15) is 22.7 Å². The summed E-state index contributed by atoms with van der Waals surface area (Å²) >= 11 is 0. The number of carbonyl (C=O) groups excluding carboxylic acids is 1. The van der Waals surface area contributed by atoms with Crippen molar-refractivity contribution in [1.29, 1.82) is 0 Å². The lowest BCUT2D eigenvalue weighted by molar-refractivity contribution is 0.0230. The highest BCUT2D eigenvalue weighted by molar-refractivity contribution is 14.0. The summed E-state index contributed by atoms with van der Waals surface area (Å²) in [5.41, 5.74) is -1.71. The summed E-state index contributed by atoms with van der Waals surface area (Å²) in [6.45, 7) is 14.5. The predicted molar refractivity (Wildman–Crippen MR) is 130 cm³/mol. The fraction of sp³-hybridized carbons (Fsp3) is 0.714. The molecular formula is C21H39IN4O4. The molecule has 2 unspecified atom stereocenters. The quantitative estimate of drug-likeness (QED) is 0.266. The molecule has 30 heavy (non-hydrogen) atoms. The van der Waals surface area contributed by atoms with Gasteiger partial charge in [-0.15, -0.1) is 24.0 Å². The van der Waals surface area contributed by atoms with Crippen LogP contribution >= 0.6 is 24.0 Å². The monoisotopic (exact) mass is 538 g/mol. The van der Waals surface area contributed by atoms with E-state index in [1.165, 1.54) is 0 Å². The molecular weight excluding hydrogens is 499 g/mol. The fourth-order valence-electron chi connectivity index (χ4n) is 2.48. The highest BCUT2D eigenvalue weighted by atomic mass is 127. The van der Waals surface area contributed by atoms with Gasteiger partial charge in [-0.25, -0.2) is 9.79 Å².